The second kappa shape index (κ2) is 9.44. The molecule has 1 aliphatic heterocycles. The third kappa shape index (κ3) is 5.38. The fourth-order valence-corrected chi connectivity index (χ4v) is 4.17. The number of hydrogen-bond acceptors (Lipinski definition) is 6. The lowest BCUT2D eigenvalue weighted by Crippen LogP contribution is -2.48. The first-order chi connectivity index (χ1) is 13.6. The molecule has 0 spiro atoms. The van der Waals surface area contributed by atoms with Gasteiger partial charge in [-0.05, 0) is 31.0 Å². The van der Waals surface area contributed by atoms with Crippen molar-refractivity contribution in [1.82, 2.24) is 19.3 Å². The number of anilines is 1. The molecule has 1 saturated heterocycles. The van der Waals surface area contributed by atoms with Crippen LogP contribution in [0.15, 0.2) is 48.3 Å². The molecule has 8 heteroatoms. The summed E-state index contributed by atoms with van der Waals surface area (Å²) in [5.74, 6) is 4.13. The Morgan fingerprint density at radius 3 is 2.50 bits per heavy atom. The summed E-state index contributed by atoms with van der Waals surface area (Å²) in [4.78, 5) is 14.7. The molecule has 0 atom stereocenters. The highest BCUT2D eigenvalue weighted by Crippen LogP contribution is 2.16. The highest BCUT2D eigenvalue weighted by atomic mass is 32.2. The lowest BCUT2D eigenvalue weighted by molar-refractivity contribution is 0.388. The SMILES string of the molecule is C#Cc1ccc(N2CCN(S(=O)(=O)/C=C/CCCc3ncccn3)CC2)nc1. The zero-order valence-corrected chi connectivity index (χ0v) is 16.4. The second-order valence-electron chi connectivity index (χ2n) is 6.41. The largest absolute Gasteiger partial charge is 0.354 e. The number of piperazine rings is 1. The Balaban J connectivity index is 1.46. The number of terminal acetylenes is 1. The van der Waals surface area contributed by atoms with Gasteiger partial charge in [0.2, 0.25) is 10.0 Å². The van der Waals surface area contributed by atoms with Crippen LogP contribution in [0.3, 0.4) is 0 Å². The van der Waals surface area contributed by atoms with E-state index in [2.05, 4.69) is 25.8 Å². The van der Waals surface area contributed by atoms with Crippen molar-refractivity contribution in [2.24, 2.45) is 0 Å². The number of sulfonamides is 1. The molecule has 0 unspecified atom stereocenters. The average molecular weight is 398 g/mol. The van der Waals surface area contributed by atoms with Crippen molar-refractivity contribution < 1.29 is 8.42 Å². The Morgan fingerprint density at radius 1 is 1.11 bits per heavy atom. The second-order valence-corrected chi connectivity index (χ2v) is 8.23. The summed E-state index contributed by atoms with van der Waals surface area (Å²) in [5.41, 5.74) is 0.730. The highest BCUT2D eigenvalue weighted by Gasteiger charge is 2.25. The maximum absolute atomic E-state index is 12.5. The predicted octanol–water partition coefficient (Wildman–Crippen LogP) is 1.84. The number of hydrogen-bond donors (Lipinski definition) is 0. The smallest absolute Gasteiger partial charge is 0.236 e. The van der Waals surface area contributed by atoms with Crippen molar-refractivity contribution in [3.05, 3.63) is 59.7 Å². The summed E-state index contributed by atoms with van der Waals surface area (Å²) in [6.45, 7) is 2.06. The average Bonchev–Trinajstić information content (AvgIpc) is 2.74. The predicted molar refractivity (Wildman–Crippen MR) is 109 cm³/mol. The van der Waals surface area contributed by atoms with Gasteiger partial charge >= 0.3 is 0 Å². The standard InChI is InChI=1S/C20H23N5O2S/c1-2-18-8-9-20(23-17-18)24-12-14-25(15-13-24)28(26,27)16-5-3-4-7-19-21-10-6-11-22-19/h1,5-6,8-11,16-17H,3-4,7,12-15H2/b16-5+. The van der Waals surface area contributed by atoms with E-state index >= 15 is 0 Å². The van der Waals surface area contributed by atoms with Gasteiger partial charge in [0.1, 0.15) is 11.6 Å². The van der Waals surface area contributed by atoms with Crippen molar-refractivity contribution in [3.63, 3.8) is 0 Å². The lowest BCUT2D eigenvalue weighted by atomic mass is 10.2. The molecule has 0 N–H and O–H groups in total. The zero-order chi connectivity index (χ0) is 19.8. The summed E-state index contributed by atoms with van der Waals surface area (Å²) < 4.78 is 26.5. The molecule has 0 aliphatic carbocycles. The molecule has 0 saturated carbocycles. The zero-order valence-electron chi connectivity index (χ0n) is 15.6. The Kier molecular flexibility index (Phi) is 6.74. The number of nitrogens with zero attached hydrogens (tertiary/aromatic N) is 5. The van der Waals surface area contributed by atoms with Crippen LogP contribution in [-0.4, -0.2) is 53.9 Å². The van der Waals surface area contributed by atoms with Crippen LogP contribution in [0.5, 0.6) is 0 Å². The summed E-state index contributed by atoms with van der Waals surface area (Å²) in [6, 6.07) is 5.49. The van der Waals surface area contributed by atoms with Crippen molar-refractivity contribution in [1.29, 1.82) is 0 Å². The minimum atomic E-state index is -3.40. The summed E-state index contributed by atoms with van der Waals surface area (Å²) in [7, 11) is -3.40. The topological polar surface area (TPSA) is 79.3 Å². The molecule has 0 radical (unpaired) electrons. The lowest BCUT2D eigenvalue weighted by Gasteiger charge is -2.34. The molecule has 1 fully saturated rings. The van der Waals surface area contributed by atoms with Crippen LogP contribution >= 0.6 is 0 Å². The van der Waals surface area contributed by atoms with Crippen LogP contribution in [0.1, 0.15) is 24.2 Å². The fourth-order valence-electron chi connectivity index (χ4n) is 2.94. The van der Waals surface area contributed by atoms with Crippen LogP contribution in [0.2, 0.25) is 0 Å². The molecule has 3 heterocycles. The third-order valence-corrected chi connectivity index (χ3v) is 6.12. The van der Waals surface area contributed by atoms with E-state index in [0.717, 1.165) is 30.0 Å². The van der Waals surface area contributed by atoms with Crippen LogP contribution < -0.4 is 4.90 Å². The van der Waals surface area contributed by atoms with Crippen LogP contribution in [0.4, 0.5) is 5.82 Å². The number of aromatic nitrogens is 3. The molecule has 146 valence electrons. The van der Waals surface area contributed by atoms with E-state index in [9.17, 15) is 8.42 Å². The Morgan fingerprint density at radius 2 is 1.86 bits per heavy atom. The van der Waals surface area contributed by atoms with Crippen molar-refractivity contribution in [2.75, 3.05) is 31.1 Å². The van der Waals surface area contributed by atoms with Gasteiger partial charge in [0.05, 0.1) is 0 Å². The third-order valence-electron chi connectivity index (χ3n) is 4.50. The molecule has 2 aromatic heterocycles. The van der Waals surface area contributed by atoms with Gasteiger partial charge in [-0.2, -0.15) is 4.31 Å². The van der Waals surface area contributed by atoms with Gasteiger partial charge in [-0.1, -0.05) is 12.0 Å². The molecule has 3 rings (SSSR count). The molecule has 28 heavy (non-hydrogen) atoms. The molecule has 2 aromatic rings. The summed E-state index contributed by atoms with van der Waals surface area (Å²) >= 11 is 0. The maximum Gasteiger partial charge on any atom is 0.236 e. The van der Waals surface area contributed by atoms with Gasteiger partial charge < -0.3 is 4.90 Å². The highest BCUT2D eigenvalue weighted by molar-refractivity contribution is 7.92. The van der Waals surface area contributed by atoms with E-state index in [-0.39, 0.29) is 0 Å². The normalized spacial score (nSPS) is 15.6. The number of pyridine rings is 1. The monoisotopic (exact) mass is 397 g/mol. The number of aryl methyl sites for hydroxylation is 1. The van der Waals surface area contributed by atoms with E-state index in [0.29, 0.717) is 32.6 Å². The van der Waals surface area contributed by atoms with Crippen molar-refractivity contribution >= 4 is 15.8 Å². The number of rotatable bonds is 7. The number of unbranched alkanes of at least 4 members (excludes halogenated alkanes) is 1. The molecule has 1 aliphatic rings. The molecule has 0 bridgehead atoms. The van der Waals surface area contributed by atoms with Gasteiger partial charge in [-0.15, -0.1) is 6.42 Å². The fraction of sp³-hybridized carbons (Fsp3) is 0.350. The van der Waals surface area contributed by atoms with Crippen LogP contribution in [0, 0.1) is 12.3 Å². The first kappa shape index (κ1) is 20.0. The van der Waals surface area contributed by atoms with E-state index in [1.807, 2.05) is 12.1 Å². The van der Waals surface area contributed by atoms with Gasteiger partial charge in [0.15, 0.2) is 0 Å². The van der Waals surface area contributed by atoms with Gasteiger partial charge in [0.25, 0.3) is 0 Å². The maximum atomic E-state index is 12.5. The summed E-state index contributed by atoms with van der Waals surface area (Å²) in [5, 5.41) is 1.31. The number of allylic oxidation sites excluding steroid dienone is 1. The van der Waals surface area contributed by atoms with E-state index in [4.69, 9.17) is 6.42 Å². The van der Waals surface area contributed by atoms with Crippen molar-refractivity contribution in [3.8, 4) is 12.3 Å². The first-order valence-corrected chi connectivity index (χ1v) is 10.7. The van der Waals surface area contributed by atoms with E-state index < -0.39 is 10.0 Å². The minimum Gasteiger partial charge on any atom is -0.354 e. The quantitative estimate of drug-likeness (QED) is 0.524. The van der Waals surface area contributed by atoms with Gasteiger partial charge in [0, 0.05) is 62.2 Å². The molecule has 0 aromatic carbocycles. The minimum absolute atomic E-state index is 0.434. The Labute approximate surface area is 166 Å². The van der Waals surface area contributed by atoms with Gasteiger partial charge in [-0.3, -0.25) is 0 Å². The van der Waals surface area contributed by atoms with Crippen molar-refractivity contribution in [2.45, 2.75) is 19.3 Å². The van der Waals surface area contributed by atoms with Crippen LogP contribution in [0.25, 0.3) is 0 Å². The molecular weight excluding hydrogens is 374 g/mol. The molecular formula is C20H23N5O2S. The van der Waals surface area contributed by atoms with E-state index in [1.165, 1.54) is 9.71 Å². The Bertz CT molecular complexity index is 929. The summed E-state index contributed by atoms with van der Waals surface area (Å²) in [6.07, 6.45) is 14.3. The van der Waals surface area contributed by atoms with E-state index in [1.54, 1.807) is 30.7 Å². The first-order valence-electron chi connectivity index (χ1n) is 9.19. The Hall–Kier alpha value is -2.76. The van der Waals surface area contributed by atoms with Crippen LogP contribution in [-0.2, 0) is 16.4 Å². The molecule has 0 amide bonds. The van der Waals surface area contributed by atoms with Gasteiger partial charge in [-0.25, -0.2) is 23.4 Å². The molecule has 7 nitrogen and oxygen atoms in total.